The summed E-state index contributed by atoms with van der Waals surface area (Å²) in [7, 11) is 4.20. The zero-order valence-electron chi connectivity index (χ0n) is 23.7. The summed E-state index contributed by atoms with van der Waals surface area (Å²) >= 11 is 0. The quantitative estimate of drug-likeness (QED) is 0.224. The lowest BCUT2D eigenvalue weighted by molar-refractivity contribution is -0.379. The van der Waals surface area contributed by atoms with Gasteiger partial charge in [-0.15, -0.1) is 0 Å². The summed E-state index contributed by atoms with van der Waals surface area (Å²) < 4.78 is 28.3. The topological polar surface area (TPSA) is 164 Å². The van der Waals surface area contributed by atoms with Crippen LogP contribution in [0.3, 0.4) is 0 Å². The highest BCUT2D eigenvalue weighted by atomic mass is 16.7. The molecular formula is C27H48O11. The van der Waals surface area contributed by atoms with Crippen LogP contribution in [-0.4, -0.2) is 114 Å². The molecule has 0 spiro atoms. The Morgan fingerprint density at radius 1 is 1.05 bits per heavy atom. The van der Waals surface area contributed by atoms with Crippen molar-refractivity contribution < 1.29 is 54.0 Å². The number of ether oxygens (including phenoxy) is 5. The van der Waals surface area contributed by atoms with Gasteiger partial charge in [0.2, 0.25) is 5.79 Å². The molecule has 222 valence electrons. The van der Waals surface area contributed by atoms with E-state index in [4.69, 9.17) is 23.7 Å². The SMILES string of the molecule is CC[C@H](/C=C(\C)C1C[C@H](OC)C[C@@H](O)C(C)(C)[C@]2(O)O[C@@H](C[C@H](OC)[C@@H](O)C(=O)O1)C[C@H](OC)[C@@H]2O)CO. The summed E-state index contributed by atoms with van der Waals surface area (Å²) in [6.45, 7) is 6.81. The highest BCUT2D eigenvalue weighted by molar-refractivity contribution is 5.75. The van der Waals surface area contributed by atoms with E-state index in [1.807, 2.05) is 13.0 Å². The molecule has 0 amide bonds. The third kappa shape index (κ3) is 7.13. The normalized spacial score (nSPS) is 40.2. The summed E-state index contributed by atoms with van der Waals surface area (Å²) in [4.78, 5) is 13.1. The standard InChI is InChI=1S/C27H48O11/c1-8-16(14-28)9-15(2)19-10-17(34-5)13-22(29)26(3,4)27(33)24(31)21(36-7)12-18(38-27)11-20(35-6)23(30)25(32)37-19/h9,16-24,28-31,33H,8,10-14H2,1-7H3/b15-9+/t16-,17+,18+,19?,20+,21+,22-,23-,24+,27-/m1/s1. The summed E-state index contributed by atoms with van der Waals surface area (Å²) in [5.41, 5.74) is -0.730. The highest BCUT2D eigenvalue weighted by Crippen LogP contribution is 2.46. The molecule has 5 N–H and O–H groups in total. The zero-order chi connectivity index (χ0) is 28.8. The molecule has 2 aliphatic heterocycles. The fraction of sp³-hybridized carbons (Fsp3) is 0.889. The number of carbonyl (C=O) groups is 1. The van der Waals surface area contributed by atoms with Gasteiger partial charge >= 0.3 is 5.97 Å². The first kappa shape index (κ1) is 33.1. The Morgan fingerprint density at radius 2 is 1.66 bits per heavy atom. The molecule has 2 fully saturated rings. The maximum Gasteiger partial charge on any atom is 0.338 e. The highest BCUT2D eigenvalue weighted by Gasteiger charge is 2.60. The van der Waals surface area contributed by atoms with Crippen molar-refractivity contribution >= 4 is 5.97 Å². The molecule has 0 aromatic rings. The minimum absolute atomic E-state index is 0.0174. The number of aliphatic hydroxyl groups excluding tert-OH is 4. The number of aliphatic hydroxyl groups is 5. The van der Waals surface area contributed by atoms with Gasteiger partial charge in [-0.1, -0.05) is 26.8 Å². The van der Waals surface area contributed by atoms with Crippen LogP contribution >= 0.6 is 0 Å². The molecule has 2 saturated heterocycles. The maximum atomic E-state index is 13.1. The van der Waals surface area contributed by atoms with Crippen molar-refractivity contribution in [3.05, 3.63) is 11.6 Å². The Bertz CT molecular complexity index is 783. The molecule has 0 aromatic heterocycles. The van der Waals surface area contributed by atoms with Crippen LogP contribution in [-0.2, 0) is 28.5 Å². The maximum absolute atomic E-state index is 13.1. The third-order valence-electron chi connectivity index (χ3n) is 8.37. The van der Waals surface area contributed by atoms with E-state index in [0.29, 0.717) is 12.0 Å². The molecular weight excluding hydrogens is 500 g/mol. The minimum Gasteiger partial charge on any atom is -0.456 e. The second-order valence-electron chi connectivity index (χ2n) is 11.1. The van der Waals surface area contributed by atoms with Crippen molar-refractivity contribution in [2.45, 2.75) is 114 Å². The molecule has 11 nitrogen and oxygen atoms in total. The van der Waals surface area contributed by atoms with Gasteiger partial charge in [-0.25, -0.2) is 4.79 Å². The number of carbonyl (C=O) groups excluding carboxylic acids is 1. The fourth-order valence-electron chi connectivity index (χ4n) is 5.30. The van der Waals surface area contributed by atoms with E-state index in [1.165, 1.54) is 21.3 Å². The van der Waals surface area contributed by atoms with E-state index in [9.17, 15) is 30.3 Å². The molecule has 2 rings (SSSR count). The van der Waals surface area contributed by atoms with Crippen molar-refractivity contribution in [1.82, 2.24) is 0 Å². The molecule has 0 saturated carbocycles. The fourth-order valence-corrected chi connectivity index (χ4v) is 5.30. The van der Waals surface area contributed by atoms with E-state index in [-0.39, 0.29) is 38.2 Å². The van der Waals surface area contributed by atoms with Crippen molar-refractivity contribution in [2.24, 2.45) is 11.3 Å². The van der Waals surface area contributed by atoms with E-state index < -0.39 is 66.0 Å². The molecule has 11 heteroatoms. The van der Waals surface area contributed by atoms with Crippen LogP contribution in [0, 0.1) is 11.3 Å². The first-order valence-corrected chi connectivity index (χ1v) is 13.3. The smallest absolute Gasteiger partial charge is 0.338 e. The summed E-state index contributed by atoms with van der Waals surface area (Å²) in [5.74, 6) is -3.29. The van der Waals surface area contributed by atoms with Crippen LogP contribution < -0.4 is 0 Å². The average Bonchev–Trinajstić information content (AvgIpc) is 2.89. The summed E-state index contributed by atoms with van der Waals surface area (Å²) in [6.07, 6.45) is -5.71. The Balaban J connectivity index is 2.56. The lowest BCUT2D eigenvalue weighted by Gasteiger charge is -2.54. The van der Waals surface area contributed by atoms with Gasteiger partial charge in [0.05, 0.1) is 30.5 Å². The molecule has 2 heterocycles. The third-order valence-corrected chi connectivity index (χ3v) is 8.37. The van der Waals surface area contributed by atoms with Crippen LogP contribution in [0.25, 0.3) is 0 Å². The van der Waals surface area contributed by atoms with Crippen molar-refractivity contribution in [1.29, 1.82) is 0 Å². The Hall–Kier alpha value is -1.15. The van der Waals surface area contributed by atoms with Gasteiger partial charge in [-0.2, -0.15) is 0 Å². The van der Waals surface area contributed by atoms with Gasteiger partial charge in [0, 0.05) is 65.0 Å². The van der Waals surface area contributed by atoms with Crippen molar-refractivity contribution in [3.8, 4) is 0 Å². The van der Waals surface area contributed by atoms with Gasteiger partial charge in [-0.05, 0) is 18.9 Å². The lowest BCUT2D eigenvalue weighted by Crippen LogP contribution is -2.68. The number of methoxy groups -OCH3 is 3. The number of hydrogen-bond donors (Lipinski definition) is 5. The first-order valence-electron chi connectivity index (χ1n) is 13.3. The number of rotatable bonds is 7. The van der Waals surface area contributed by atoms with E-state index in [0.717, 1.165) is 0 Å². The van der Waals surface area contributed by atoms with Crippen LogP contribution in [0.1, 0.15) is 59.8 Å². The molecule has 0 aliphatic carbocycles. The number of cyclic esters (lactones) is 1. The Kier molecular flexibility index (Phi) is 12.1. The predicted octanol–water partition coefficient (Wildman–Crippen LogP) is 0.678. The monoisotopic (exact) mass is 548 g/mol. The van der Waals surface area contributed by atoms with Gasteiger partial charge in [0.1, 0.15) is 12.2 Å². The Labute approximate surface area is 225 Å². The first-order chi connectivity index (χ1) is 17.8. The van der Waals surface area contributed by atoms with E-state index >= 15 is 0 Å². The summed E-state index contributed by atoms with van der Waals surface area (Å²) in [5, 5.41) is 54.7. The lowest BCUT2D eigenvalue weighted by atomic mass is 9.70. The van der Waals surface area contributed by atoms with Crippen molar-refractivity contribution in [2.75, 3.05) is 27.9 Å². The molecule has 2 aliphatic rings. The van der Waals surface area contributed by atoms with E-state index in [1.54, 1.807) is 20.8 Å². The van der Waals surface area contributed by atoms with Gasteiger partial charge in [0.25, 0.3) is 0 Å². The van der Waals surface area contributed by atoms with Crippen molar-refractivity contribution in [3.63, 3.8) is 0 Å². The largest absolute Gasteiger partial charge is 0.456 e. The van der Waals surface area contributed by atoms with Crippen LogP contribution in [0.15, 0.2) is 11.6 Å². The molecule has 0 radical (unpaired) electrons. The average molecular weight is 549 g/mol. The van der Waals surface area contributed by atoms with E-state index in [2.05, 4.69) is 0 Å². The van der Waals surface area contributed by atoms with Gasteiger partial charge < -0.3 is 49.2 Å². The molecule has 0 aromatic carbocycles. The minimum atomic E-state index is -2.23. The number of fused-ring (bicyclic) bond motifs is 2. The second kappa shape index (κ2) is 14.0. The zero-order valence-corrected chi connectivity index (χ0v) is 23.7. The molecule has 2 bridgehead atoms. The van der Waals surface area contributed by atoms with Gasteiger partial charge in [-0.3, -0.25) is 0 Å². The molecule has 38 heavy (non-hydrogen) atoms. The van der Waals surface area contributed by atoms with Crippen LogP contribution in [0.2, 0.25) is 0 Å². The number of esters is 1. The predicted molar refractivity (Wildman–Crippen MR) is 137 cm³/mol. The Morgan fingerprint density at radius 3 is 2.18 bits per heavy atom. The molecule has 1 unspecified atom stereocenters. The number of hydrogen-bond acceptors (Lipinski definition) is 11. The van der Waals surface area contributed by atoms with Crippen LogP contribution in [0.5, 0.6) is 0 Å². The van der Waals surface area contributed by atoms with Gasteiger partial charge in [0.15, 0.2) is 6.10 Å². The van der Waals surface area contributed by atoms with Crippen LogP contribution in [0.4, 0.5) is 0 Å². The summed E-state index contributed by atoms with van der Waals surface area (Å²) in [6, 6.07) is 0. The second-order valence-corrected chi connectivity index (χ2v) is 11.1. The molecule has 10 atom stereocenters.